The van der Waals surface area contributed by atoms with Gasteiger partial charge in [0, 0.05) is 4.47 Å². The molecule has 0 aliphatic rings. The summed E-state index contributed by atoms with van der Waals surface area (Å²) in [6.07, 6.45) is 0.440. The summed E-state index contributed by atoms with van der Waals surface area (Å²) in [4.78, 5) is 12.2. The van der Waals surface area contributed by atoms with Crippen LogP contribution in [0.15, 0.2) is 28.7 Å². The van der Waals surface area contributed by atoms with Crippen LogP contribution in [-0.4, -0.2) is 16.7 Å². The molecule has 1 rings (SSSR count). The number of hydrogen-bond acceptors (Lipinski definition) is 3. The number of benzene rings is 1. The van der Waals surface area contributed by atoms with Crippen molar-refractivity contribution in [3.63, 3.8) is 0 Å². The molecule has 0 amide bonds. The Kier molecular flexibility index (Phi) is 5.39. The Morgan fingerprint density at radius 2 is 1.80 bits per heavy atom. The summed E-state index contributed by atoms with van der Waals surface area (Å²) in [6.45, 7) is 9.04. The van der Waals surface area contributed by atoms with Crippen molar-refractivity contribution in [1.82, 2.24) is 0 Å². The summed E-state index contributed by atoms with van der Waals surface area (Å²) >= 11 is 3.37. The highest BCUT2D eigenvalue weighted by Gasteiger charge is 2.40. The molecule has 0 aliphatic carbocycles. The first kappa shape index (κ1) is 17.2. The van der Waals surface area contributed by atoms with Crippen molar-refractivity contribution in [2.45, 2.75) is 52.2 Å². The number of rotatable bonds is 4. The van der Waals surface area contributed by atoms with Gasteiger partial charge in [0.15, 0.2) is 0 Å². The topological polar surface area (TPSA) is 46.5 Å². The molecule has 0 bridgehead atoms. The maximum absolute atomic E-state index is 12.2. The molecule has 0 spiro atoms. The van der Waals surface area contributed by atoms with Crippen LogP contribution >= 0.6 is 15.9 Å². The summed E-state index contributed by atoms with van der Waals surface area (Å²) in [5, 5.41) is 10.9. The van der Waals surface area contributed by atoms with Crippen molar-refractivity contribution < 1.29 is 14.6 Å². The zero-order chi connectivity index (χ0) is 15.6. The lowest BCUT2D eigenvalue weighted by Crippen LogP contribution is -2.41. The molecule has 0 saturated carbocycles. The second kappa shape index (κ2) is 6.27. The van der Waals surface area contributed by atoms with Crippen molar-refractivity contribution >= 4 is 21.9 Å². The second-order valence-electron chi connectivity index (χ2n) is 6.04. The van der Waals surface area contributed by atoms with Crippen LogP contribution < -0.4 is 0 Å². The van der Waals surface area contributed by atoms with Gasteiger partial charge in [-0.05, 0) is 51.8 Å². The van der Waals surface area contributed by atoms with Crippen LogP contribution in [0.4, 0.5) is 0 Å². The van der Waals surface area contributed by atoms with E-state index in [1.807, 2.05) is 52.0 Å². The number of carbonyl (C=O) groups excluding carboxylic acids is 1. The summed E-state index contributed by atoms with van der Waals surface area (Å²) in [5.74, 6) is -1.02. The fraction of sp³-hybridized carbons (Fsp3) is 0.562. The zero-order valence-corrected chi connectivity index (χ0v) is 14.3. The minimum Gasteiger partial charge on any atom is -0.460 e. The largest absolute Gasteiger partial charge is 0.460 e. The molecule has 20 heavy (non-hydrogen) atoms. The number of ether oxygens (including phenoxy) is 1. The van der Waals surface area contributed by atoms with Gasteiger partial charge in [-0.3, -0.25) is 4.79 Å². The molecule has 1 N–H and O–H groups in total. The Balaban J connectivity index is 3.04. The molecule has 0 radical (unpaired) electrons. The third-order valence-electron chi connectivity index (χ3n) is 3.36. The van der Waals surface area contributed by atoms with Crippen LogP contribution in [0, 0.1) is 5.92 Å². The van der Waals surface area contributed by atoms with Crippen LogP contribution in [0.2, 0.25) is 0 Å². The third kappa shape index (κ3) is 4.06. The van der Waals surface area contributed by atoms with Gasteiger partial charge in [0.25, 0.3) is 0 Å². The Hall–Kier alpha value is -0.870. The predicted molar refractivity (Wildman–Crippen MR) is 83.3 cm³/mol. The van der Waals surface area contributed by atoms with Crippen molar-refractivity contribution in [2.24, 2.45) is 5.92 Å². The predicted octanol–water partition coefficient (Wildman–Crippen LogP) is 4.02. The van der Waals surface area contributed by atoms with Crippen LogP contribution in [-0.2, 0) is 15.1 Å². The van der Waals surface area contributed by atoms with E-state index in [-0.39, 0.29) is 5.97 Å². The molecule has 1 aromatic carbocycles. The van der Waals surface area contributed by atoms with Crippen LogP contribution in [0.1, 0.15) is 46.6 Å². The molecular weight excluding hydrogens is 320 g/mol. The summed E-state index contributed by atoms with van der Waals surface area (Å²) in [5.41, 5.74) is -1.05. The summed E-state index contributed by atoms with van der Waals surface area (Å²) < 4.78 is 6.32. The Morgan fingerprint density at radius 3 is 2.20 bits per heavy atom. The first-order chi connectivity index (χ1) is 9.10. The number of halogens is 1. The van der Waals surface area contributed by atoms with Gasteiger partial charge in [0.2, 0.25) is 0 Å². The van der Waals surface area contributed by atoms with Gasteiger partial charge in [0.1, 0.15) is 11.2 Å². The lowest BCUT2D eigenvalue weighted by atomic mass is 9.80. The van der Waals surface area contributed by atoms with E-state index in [9.17, 15) is 9.90 Å². The van der Waals surface area contributed by atoms with E-state index in [1.54, 1.807) is 6.92 Å². The van der Waals surface area contributed by atoms with E-state index in [0.29, 0.717) is 6.42 Å². The maximum Gasteiger partial charge on any atom is 0.312 e. The van der Waals surface area contributed by atoms with E-state index in [1.165, 1.54) is 0 Å². The number of carbonyl (C=O) groups is 1. The van der Waals surface area contributed by atoms with Gasteiger partial charge in [-0.1, -0.05) is 35.0 Å². The van der Waals surface area contributed by atoms with Crippen molar-refractivity contribution in [2.75, 3.05) is 0 Å². The Bertz CT molecular complexity index is 462. The van der Waals surface area contributed by atoms with Gasteiger partial charge < -0.3 is 9.84 Å². The molecule has 3 nitrogen and oxygen atoms in total. The van der Waals surface area contributed by atoms with Gasteiger partial charge >= 0.3 is 5.97 Å². The van der Waals surface area contributed by atoms with Gasteiger partial charge in [-0.25, -0.2) is 0 Å². The quantitative estimate of drug-likeness (QED) is 0.840. The van der Waals surface area contributed by atoms with E-state index in [2.05, 4.69) is 15.9 Å². The fourth-order valence-electron chi connectivity index (χ4n) is 2.08. The molecule has 0 fully saturated rings. The first-order valence-corrected chi connectivity index (χ1v) is 7.60. The molecule has 2 unspecified atom stereocenters. The van der Waals surface area contributed by atoms with Gasteiger partial charge in [0.05, 0.1) is 5.92 Å². The van der Waals surface area contributed by atoms with E-state index in [0.717, 1.165) is 10.0 Å². The van der Waals surface area contributed by atoms with Crippen molar-refractivity contribution in [1.29, 1.82) is 0 Å². The van der Waals surface area contributed by atoms with Crippen molar-refractivity contribution in [3.8, 4) is 0 Å². The molecule has 0 saturated heterocycles. The SMILES string of the molecule is CCC(O)(c1ccc(Br)cc1)C(C)C(=O)OC(C)(C)C. The highest BCUT2D eigenvalue weighted by Crippen LogP contribution is 2.35. The van der Waals surface area contributed by atoms with E-state index < -0.39 is 17.1 Å². The highest BCUT2D eigenvalue weighted by atomic mass is 79.9. The smallest absolute Gasteiger partial charge is 0.312 e. The molecule has 0 heterocycles. The average Bonchev–Trinajstić information content (AvgIpc) is 2.35. The van der Waals surface area contributed by atoms with Crippen LogP contribution in [0.5, 0.6) is 0 Å². The standard InChI is InChI=1S/C16H23BrO3/c1-6-16(19,12-7-9-13(17)10-8-12)11(2)14(18)20-15(3,4)5/h7-11,19H,6H2,1-5H3. The molecule has 112 valence electrons. The lowest BCUT2D eigenvalue weighted by molar-refractivity contribution is -0.170. The second-order valence-corrected chi connectivity index (χ2v) is 6.96. The lowest BCUT2D eigenvalue weighted by Gasteiger charge is -2.34. The highest BCUT2D eigenvalue weighted by molar-refractivity contribution is 9.10. The summed E-state index contributed by atoms with van der Waals surface area (Å²) in [6, 6.07) is 7.37. The maximum atomic E-state index is 12.2. The van der Waals surface area contributed by atoms with Crippen LogP contribution in [0.25, 0.3) is 0 Å². The third-order valence-corrected chi connectivity index (χ3v) is 3.89. The van der Waals surface area contributed by atoms with Crippen LogP contribution in [0.3, 0.4) is 0 Å². The number of aliphatic hydroxyl groups is 1. The molecule has 4 heteroatoms. The monoisotopic (exact) mass is 342 g/mol. The molecular formula is C16H23BrO3. The number of esters is 1. The van der Waals surface area contributed by atoms with Gasteiger partial charge in [-0.15, -0.1) is 0 Å². The normalized spacial score (nSPS) is 16.4. The molecule has 0 aliphatic heterocycles. The minimum atomic E-state index is -1.22. The average molecular weight is 343 g/mol. The van der Waals surface area contributed by atoms with E-state index in [4.69, 9.17) is 4.74 Å². The first-order valence-electron chi connectivity index (χ1n) is 6.81. The van der Waals surface area contributed by atoms with Crippen molar-refractivity contribution in [3.05, 3.63) is 34.3 Å². The minimum absolute atomic E-state index is 0.384. The zero-order valence-electron chi connectivity index (χ0n) is 12.7. The fourth-order valence-corrected chi connectivity index (χ4v) is 2.35. The summed E-state index contributed by atoms with van der Waals surface area (Å²) in [7, 11) is 0. The van der Waals surface area contributed by atoms with Gasteiger partial charge in [-0.2, -0.15) is 0 Å². The Morgan fingerprint density at radius 1 is 1.30 bits per heavy atom. The number of hydrogen-bond donors (Lipinski definition) is 1. The molecule has 0 aromatic heterocycles. The van der Waals surface area contributed by atoms with E-state index >= 15 is 0 Å². The molecule has 1 aromatic rings. The Labute approximate surface area is 129 Å². The molecule has 2 atom stereocenters.